The first-order valence-corrected chi connectivity index (χ1v) is 6.50. The third-order valence-electron chi connectivity index (χ3n) is 2.79. The van der Waals surface area contributed by atoms with Gasteiger partial charge in [0.25, 0.3) is 5.91 Å². The Morgan fingerprint density at radius 3 is 2.63 bits per heavy atom. The number of carboxylic acid groups (broad SMARTS) is 1. The molecule has 0 atom stereocenters. The number of carbonyl (C=O) groups is 2. The highest BCUT2D eigenvalue weighted by Gasteiger charge is 2.26. The Hall–Kier alpha value is -1.43. The van der Waals surface area contributed by atoms with E-state index in [-0.39, 0.29) is 18.5 Å². The van der Waals surface area contributed by atoms with E-state index in [4.69, 9.17) is 5.11 Å². The van der Waals surface area contributed by atoms with E-state index in [0.717, 1.165) is 0 Å². The molecule has 1 aromatic carbocycles. The molecule has 104 valence electrons. The molecule has 1 rings (SSSR count). The molecule has 0 heterocycles. The van der Waals surface area contributed by atoms with Gasteiger partial charge >= 0.3 is 5.97 Å². The number of nitrogens with one attached hydrogen (secondary N) is 1. The molecule has 0 bridgehead atoms. The van der Waals surface area contributed by atoms with Crippen LogP contribution in [0.25, 0.3) is 0 Å². The maximum absolute atomic E-state index is 13.4. The van der Waals surface area contributed by atoms with Gasteiger partial charge in [-0.15, -0.1) is 0 Å². The highest BCUT2D eigenvalue weighted by atomic mass is 79.9. The molecule has 1 aromatic rings. The van der Waals surface area contributed by atoms with Gasteiger partial charge in [-0.25, -0.2) is 4.39 Å². The Bertz CT molecular complexity index is 503. The summed E-state index contributed by atoms with van der Waals surface area (Å²) in [6.45, 7) is 3.31. The van der Waals surface area contributed by atoms with Crippen LogP contribution in [-0.4, -0.2) is 23.5 Å². The molecule has 0 aliphatic heterocycles. The zero-order valence-corrected chi connectivity index (χ0v) is 12.3. The minimum Gasteiger partial charge on any atom is -0.481 e. The summed E-state index contributed by atoms with van der Waals surface area (Å²) in [7, 11) is 0. The summed E-state index contributed by atoms with van der Waals surface area (Å²) >= 11 is 3.16. The van der Waals surface area contributed by atoms with Crippen molar-refractivity contribution in [1.29, 1.82) is 0 Å². The van der Waals surface area contributed by atoms with Crippen LogP contribution >= 0.6 is 15.9 Å². The second kappa shape index (κ2) is 6.14. The third-order valence-corrected chi connectivity index (χ3v) is 3.28. The van der Waals surface area contributed by atoms with Gasteiger partial charge in [-0.05, 0) is 38.5 Å². The predicted molar refractivity (Wildman–Crippen MR) is 72.5 cm³/mol. The minimum atomic E-state index is -0.935. The number of amides is 1. The summed E-state index contributed by atoms with van der Waals surface area (Å²) < 4.78 is 14.0. The molecule has 0 fully saturated rings. The third kappa shape index (κ3) is 4.31. The van der Waals surface area contributed by atoms with E-state index >= 15 is 0 Å². The van der Waals surface area contributed by atoms with E-state index in [2.05, 4.69) is 21.2 Å². The van der Waals surface area contributed by atoms with Gasteiger partial charge in [-0.1, -0.05) is 15.9 Å². The number of hydrogen-bond donors (Lipinski definition) is 2. The van der Waals surface area contributed by atoms with E-state index < -0.39 is 23.1 Å². The zero-order chi connectivity index (χ0) is 14.6. The van der Waals surface area contributed by atoms with Crippen molar-refractivity contribution in [1.82, 2.24) is 5.32 Å². The first-order valence-electron chi connectivity index (χ1n) is 5.70. The zero-order valence-electron chi connectivity index (χ0n) is 10.7. The normalized spacial score (nSPS) is 11.2. The van der Waals surface area contributed by atoms with Gasteiger partial charge < -0.3 is 10.4 Å². The first kappa shape index (κ1) is 15.6. The van der Waals surface area contributed by atoms with Crippen molar-refractivity contribution >= 4 is 27.8 Å². The Labute approximate surface area is 119 Å². The second-order valence-corrected chi connectivity index (χ2v) is 5.73. The van der Waals surface area contributed by atoms with Crippen LogP contribution in [0.1, 0.15) is 30.6 Å². The van der Waals surface area contributed by atoms with Crippen LogP contribution in [0.3, 0.4) is 0 Å². The molecule has 1 amide bonds. The summed E-state index contributed by atoms with van der Waals surface area (Å²) in [6.07, 6.45) is 0.268. The van der Waals surface area contributed by atoms with E-state index in [1.165, 1.54) is 18.2 Å². The summed E-state index contributed by atoms with van der Waals surface area (Å²) in [6, 6.07) is 4.08. The van der Waals surface area contributed by atoms with E-state index in [0.29, 0.717) is 4.47 Å². The monoisotopic (exact) mass is 331 g/mol. The molecule has 0 aliphatic rings. The molecule has 0 unspecified atom stereocenters. The van der Waals surface area contributed by atoms with Crippen molar-refractivity contribution in [2.24, 2.45) is 5.41 Å². The molecule has 0 aliphatic carbocycles. The fourth-order valence-corrected chi connectivity index (χ4v) is 1.72. The lowest BCUT2D eigenvalue weighted by Gasteiger charge is -2.18. The van der Waals surface area contributed by atoms with E-state index in [1.54, 1.807) is 13.8 Å². The van der Waals surface area contributed by atoms with Crippen molar-refractivity contribution in [2.45, 2.75) is 20.3 Å². The Balaban J connectivity index is 2.62. The maximum Gasteiger partial charge on any atom is 0.309 e. The summed E-state index contributed by atoms with van der Waals surface area (Å²) in [5, 5.41) is 11.4. The Morgan fingerprint density at radius 1 is 1.42 bits per heavy atom. The van der Waals surface area contributed by atoms with Crippen LogP contribution in [0, 0.1) is 11.2 Å². The molecule has 0 saturated heterocycles. The average Bonchev–Trinajstić information content (AvgIpc) is 2.31. The van der Waals surface area contributed by atoms with Crippen LogP contribution < -0.4 is 5.32 Å². The molecule has 2 N–H and O–H groups in total. The number of aliphatic carboxylic acids is 1. The van der Waals surface area contributed by atoms with Crippen LogP contribution in [0.4, 0.5) is 4.39 Å². The quantitative estimate of drug-likeness (QED) is 0.871. The first-order chi connectivity index (χ1) is 8.74. The number of benzene rings is 1. The number of rotatable bonds is 5. The lowest BCUT2D eigenvalue weighted by Crippen LogP contribution is -2.32. The van der Waals surface area contributed by atoms with Crippen LogP contribution in [0.2, 0.25) is 0 Å². The van der Waals surface area contributed by atoms with Gasteiger partial charge in [-0.2, -0.15) is 0 Å². The molecular weight excluding hydrogens is 317 g/mol. The molecular formula is C13H15BrFNO3. The van der Waals surface area contributed by atoms with Gasteiger partial charge in [0.15, 0.2) is 0 Å². The van der Waals surface area contributed by atoms with Crippen LogP contribution in [0.5, 0.6) is 0 Å². The van der Waals surface area contributed by atoms with Crippen molar-refractivity contribution in [3.8, 4) is 0 Å². The fraction of sp³-hybridized carbons (Fsp3) is 0.385. The lowest BCUT2D eigenvalue weighted by atomic mass is 9.90. The van der Waals surface area contributed by atoms with E-state index in [1.807, 2.05) is 0 Å². The smallest absolute Gasteiger partial charge is 0.309 e. The average molecular weight is 332 g/mol. The van der Waals surface area contributed by atoms with E-state index in [9.17, 15) is 14.0 Å². The highest BCUT2D eigenvalue weighted by molar-refractivity contribution is 9.10. The summed E-state index contributed by atoms with van der Waals surface area (Å²) in [5.74, 6) is -2.10. The van der Waals surface area contributed by atoms with Crippen LogP contribution in [-0.2, 0) is 4.79 Å². The van der Waals surface area contributed by atoms with Crippen molar-refractivity contribution in [2.75, 3.05) is 6.54 Å². The molecule has 0 radical (unpaired) electrons. The molecule has 4 nitrogen and oxygen atoms in total. The number of halogens is 2. The largest absolute Gasteiger partial charge is 0.481 e. The summed E-state index contributed by atoms with van der Waals surface area (Å²) in [4.78, 5) is 22.6. The van der Waals surface area contributed by atoms with Gasteiger partial charge in [0.1, 0.15) is 5.82 Å². The number of hydrogen-bond acceptors (Lipinski definition) is 2. The highest BCUT2D eigenvalue weighted by Crippen LogP contribution is 2.20. The molecule has 6 heteroatoms. The minimum absolute atomic E-state index is 0.0671. The Morgan fingerprint density at radius 2 is 2.05 bits per heavy atom. The molecule has 0 spiro atoms. The molecule has 0 saturated carbocycles. The van der Waals surface area contributed by atoms with Crippen molar-refractivity contribution in [3.05, 3.63) is 34.1 Å². The van der Waals surface area contributed by atoms with Gasteiger partial charge in [0.2, 0.25) is 0 Å². The van der Waals surface area contributed by atoms with Crippen molar-refractivity contribution in [3.63, 3.8) is 0 Å². The SMILES string of the molecule is CC(C)(CCNC(=O)c1cc(Br)ccc1F)C(=O)O. The number of carboxylic acids is 1. The topological polar surface area (TPSA) is 66.4 Å². The van der Waals surface area contributed by atoms with Gasteiger partial charge in [0.05, 0.1) is 11.0 Å². The predicted octanol–water partition coefficient (Wildman–Crippen LogP) is 2.82. The molecule has 0 aromatic heterocycles. The fourth-order valence-electron chi connectivity index (χ4n) is 1.36. The summed E-state index contributed by atoms with van der Waals surface area (Å²) in [5.41, 5.74) is -0.995. The second-order valence-electron chi connectivity index (χ2n) is 4.82. The van der Waals surface area contributed by atoms with Gasteiger partial charge in [0, 0.05) is 11.0 Å². The molecule has 19 heavy (non-hydrogen) atoms. The number of carbonyl (C=O) groups excluding carboxylic acids is 1. The standard InChI is InChI=1S/C13H15BrFNO3/c1-13(2,12(18)19)5-6-16-11(17)9-7-8(14)3-4-10(9)15/h3-4,7H,5-6H2,1-2H3,(H,16,17)(H,18,19). The lowest BCUT2D eigenvalue weighted by molar-refractivity contribution is -0.147. The maximum atomic E-state index is 13.4. The van der Waals surface area contributed by atoms with Gasteiger partial charge in [-0.3, -0.25) is 9.59 Å². The van der Waals surface area contributed by atoms with Crippen molar-refractivity contribution < 1.29 is 19.1 Å². The Kier molecular flexibility index (Phi) is 5.05. The van der Waals surface area contributed by atoms with Crippen LogP contribution in [0.15, 0.2) is 22.7 Å².